The summed E-state index contributed by atoms with van der Waals surface area (Å²) >= 11 is 0. The maximum atomic E-state index is 12.7. The zero-order chi connectivity index (χ0) is 17.3. The van der Waals surface area contributed by atoms with Crippen LogP contribution in [0.4, 0.5) is 0 Å². The molecule has 0 bridgehead atoms. The third kappa shape index (κ3) is 3.32. The van der Waals surface area contributed by atoms with Crippen LogP contribution in [0.2, 0.25) is 0 Å². The Bertz CT molecular complexity index is 686. The van der Waals surface area contributed by atoms with Crippen LogP contribution in [0.1, 0.15) is 41.3 Å². The van der Waals surface area contributed by atoms with Gasteiger partial charge in [-0.25, -0.2) is 0 Å². The Morgan fingerprint density at radius 3 is 2.88 bits per heavy atom. The average molecular weight is 330 g/mol. The van der Waals surface area contributed by atoms with Crippen LogP contribution in [0.5, 0.6) is 0 Å². The molecule has 7 heteroatoms. The summed E-state index contributed by atoms with van der Waals surface area (Å²) in [6, 6.07) is 5.29. The first-order valence-corrected chi connectivity index (χ1v) is 8.18. The number of carbonyl (C=O) groups is 3. The molecule has 2 atom stereocenters. The second-order valence-corrected chi connectivity index (χ2v) is 6.50. The minimum Gasteiger partial charge on any atom is -0.327 e. The van der Waals surface area contributed by atoms with Crippen LogP contribution < -0.4 is 16.4 Å². The summed E-state index contributed by atoms with van der Waals surface area (Å²) in [7, 11) is 0. The number of nitrogens with one attached hydrogen (secondary N) is 2. The number of hydrogen-bond acceptors (Lipinski definition) is 5. The molecular formula is C17H22N4O3. The Balaban J connectivity index is 1.71. The number of benzene rings is 1. The fraction of sp³-hybridized carbons (Fsp3) is 0.471. The van der Waals surface area contributed by atoms with E-state index in [1.807, 2.05) is 25.1 Å². The molecule has 1 aromatic rings. The molecule has 0 aliphatic carbocycles. The van der Waals surface area contributed by atoms with Crippen molar-refractivity contribution in [2.75, 3.05) is 6.54 Å². The van der Waals surface area contributed by atoms with Gasteiger partial charge >= 0.3 is 0 Å². The van der Waals surface area contributed by atoms with Crippen molar-refractivity contribution in [2.24, 2.45) is 5.73 Å². The number of amides is 3. The summed E-state index contributed by atoms with van der Waals surface area (Å²) in [5.74, 6) is -0.803. The van der Waals surface area contributed by atoms with Gasteiger partial charge in [0.25, 0.3) is 5.91 Å². The summed E-state index contributed by atoms with van der Waals surface area (Å²) in [6.07, 6.45) is 0.649. The summed E-state index contributed by atoms with van der Waals surface area (Å²) in [4.78, 5) is 37.5. The number of nitrogens with two attached hydrogens (primary N) is 1. The number of rotatable bonds is 5. The van der Waals surface area contributed by atoms with Crippen LogP contribution in [0, 0.1) is 0 Å². The minimum absolute atomic E-state index is 0.0732. The maximum Gasteiger partial charge on any atom is 0.255 e. The molecule has 128 valence electrons. The van der Waals surface area contributed by atoms with Gasteiger partial charge in [-0.15, -0.1) is 0 Å². The molecule has 2 aliphatic rings. The molecule has 24 heavy (non-hydrogen) atoms. The average Bonchev–Trinajstić information content (AvgIpc) is 2.84. The highest BCUT2D eigenvalue weighted by atomic mass is 16.2. The Hall–Kier alpha value is -2.25. The lowest BCUT2D eigenvalue weighted by Crippen LogP contribution is -2.52. The van der Waals surface area contributed by atoms with Crippen LogP contribution in [-0.2, 0) is 22.7 Å². The molecule has 7 nitrogen and oxygen atoms in total. The van der Waals surface area contributed by atoms with Gasteiger partial charge in [0.1, 0.15) is 6.04 Å². The van der Waals surface area contributed by atoms with E-state index in [-0.39, 0.29) is 30.2 Å². The number of fused-ring (bicyclic) bond motifs is 1. The van der Waals surface area contributed by atoms with Gasteiger partial charge in [-0.05, 0) is 30.5 Å². The first-order valence-electron chi connectivity index (χ1n) is 8.18. The molecule has 4 N–H and O–H groups in total. The van der Waals surface area contributed by atoms with Crippen LogP contribution >= 0.6 is 0 Å². The van der Waals surface area contributed by atoms with Crippen molar-refractivity contribution in [3.05, 3.63) is 34.9 Å². The van der Waals surface area contributed by atoms with Gasteiger partial charge in [0, 0.05) is 37.7 Å². The number of hydrogen-bond donors (Lipinski definition) is 3. The van der Waals surface area contributed by atoms with Gasteiger partial charge < -0.3 is 16.0 Å². The number of carbonyl (C=O) groups excluding carboxylic acids is 3. The molecule has 0 spiro atoms. The first kappa shape index (κ1) is 16.6. The van der Waals surface area contributed by atoms with Crippen molar-refractivity contribution in [3.63, 3.8) is 0 Å². The fourth-order valence-corrected chi connectivity index (χ4v) is 3.16. The predicted molar refractivity (Wildman–Crippen MR) is 87.8 cm³/mol. The highest BCUT2D eigenvalue weighted by Gasteiger charge is 2.38. The molecule has 1 aromatic carbocycles. The number of nitrogens with zero attached hydrogens (tertiary/aromatic N) is 1. The third-order valence-corrected chi connectivity index (χ3v) is 4.39. The fourth-order valence-electron chi connectivity index (χ4n) is 3.16. The van der Waals surface area contributed by atoms with Crippen LogP contribution in [-0.4, -0.2) is 41.2 Å². The van der Waals surface area contributed by atoms with E-state index in [9.17, 15) is 14.4 Å². The Kier molecular flexibility index (Phi) is 4.64. The minimum atomic E-state index is -0.567. The van der Waals surface area contributed by atoms with E-state index >= 15 is 0 Å². The van der Waals surface area contributed by atoms with Crippen molar-refractivity contribution >= 4 is 17.7 Å². The monoisotopic (exact) mass is 330 g/mol. The number of imide groups is 1. The lowest BCUT2D eigenvalue weighted by Gasteiger charge is -2.29. The van der Waals surface area contributed by atoms with Crippen molar-refractivity contribution in [2.45, 2.75) is 44.9 Å². The molecule has 2 heterocycles. The normalized spacial score (nSPS) is 21.7. The van der Waals surface area contributed by atoms with E-state index in [1.54, 1.807) is 4.90 Å². The van der Waals surface area contributed by atoms with Gasteiger partial charge in [0.2, 0.25) is 11.8 Å². The van der Waals surface area contributed by atoms with E-state index in [2.05, 4.69) is 10.6 Å². The van der Waals surface area contributed by atoms with Crippen LogP contribution in [0.25, 0.3) is 0 Å². The van der Waals surface area contributed by atoms with Gasteiger partial charge in [0.15, 0.2) is 0 Å². The lowest BCUT2D eigenvalue weighted by atomic mass is 10.0. The maximum absolute atomic E-state index is 12.7. The SMILES string of the molecule is C[C@H](N)CNCc1ccc2c(c1)C(=O)N(C1CCC(=O)NC1=O)C2. The van der Waals surface area contributed by atoms with E-state index in [0.29, 0.717) is 31.6 Å². The number of piperidine rings is 1. The molecule has 1 unspecified atom stereocenters. The first-order chi connectivity index (χ1) is 11.5. The molecule has 0 saturated carbocycles. The van der Waals surface area contributed by atoms with Gasteiger partial charge in [-0.3, -0.25) is 19.7 Å². The Morgan fingerprint density at radius 2 is 2.17 bits per heavy atom. The van der Waals surface area contributed by atoms with Gasteiger partial charge in [-0.1, -0.05) is 12.1 Å². The zero-order valence-corrected chi connectivity index (χ0v) is 13.7. The molecule has 0 radical (unpaired) electrons. The molecule has 3 rings (SSSR count). The molecule has 2 aliphatic heterocycles. The molecule has 1 saturated heterocycles. The second-order valence-electron chi connectivity index (χ2n) is 6.50. The molecule has 1 fully saturated rings. The van der Waals surface area contributed by atoms with Gasteiger partial charge in [0.05, 0.1) is 0 Å². The third-order valence-electron chi connectivity index (χ3n) is 4.39. The van der Waals surface area contributed by atoms with Crippen LogP contribution in [0.3, 0.4) is 0 Å². The van der Waals surface area contributed by atoms with E-state index < -0.39 is 6.04 Å². The molecule has 0 aromatic heterocycles. The van der Waals surface area contributed by atoms with Crippen molar-refractivity contribution in [1.82, 2.24) is 15.5 Å². The molecular weight excluding hydrogens is 308 g/mol. The van der Waals surface area contributed by atoms with E-state index in [4.69, 9.17) is 5.73 Å². The van der Waals surface area contributed by atoms with Crippen molar-refractivity contribution < 1.29 is 14.4 Å². The summed E-state index contributed by atoms with van der Waals surface area (Å²) in [6.45, 7) is 3.68. The van der Waals surface area contributed by atoms with Crippen molar-refractivity contribution in [1.29, 1.82) is 0 Å². The second kappa shape index (κ2) is 6.70. The summed E-state index contributed by atoms with van der Waals surface area (Å²) in [5.41, 5.74) is 8.27. The van der Waals surface area contributed by atoms with E-state index in [0.717, 1.165) is 11.1 Å². The Labute approximate surface area is 140 Å². The zero-order valence-electron chi connectivity index (χ0n) is 13.7. The van der Waals surface area contributed by atoms with Crippen molar-refractivity contribution in [3.8, 4) is 0 Å². The smallest absolute Gasteiger partial charge is 0.255 e. The highest BCUT2D eigenvalue weighted by molar-refractivity contribution is 6.05. The summed E-state index contributed by atoms with van der Waals surface area (Å²) in [5, 5.41) is 5.55. The van der Waals surface area contributed by atoms with Crippen LogP contribution in [0.15, 0.2) is 18.2 Å². The Morgan fingerprint density at radius 1 is 1.38 bits per heavy atom. The summed E-state index contributed by atoms with van der Waals surface area (Å²) < 4.78 is 0. The highest BCUT2D eigenvalue weighted by Crippen LogP contribution is 2.28. The quantitative estimate of drug-likeness (QED) is 0.653. The largest absolute Gasteiger partial charge is 0.327 e. The van der Waals surface area contributed by atoms with E-state index in [1.165, 1.54) is 0 Å². The molecule has 3 amide bonds. The van der Waals surface area contributed by atoms with Gasteiger partial charge in [-0.2, -0.15) is 0 Å². The lowest BCUT2D eigenvalue weighted by molar-refractivity contribution is -0.136. The topological polar surface area (TPSA) is 105 Å². The predicted octanol–water partition coefficient (Wildman–Crippen LogP) is -0.116. The standard InChI is InChI=1S/C17H22N4O3/c1-10(18)7-19-8-11-2-3-12-9-21(17(24)13(12)6-11)14-4-5-15(22)20-16(14)23/h2-3,6,10,14,19H,4-5,7-9,18H2,1H3,(H,20,22,23)/t10-,14?/m0/s1.